The molecule has 10 nitrogen and oxygen atoms in total. The number of nitrogens with zero attached hydrogens (tertiary/aromatic N) is 3. The maximum absolute atomic E-state index is 13.0. The lowest BCUT2D eigenvalue weighted by molar-refractivity contribution is -0.136. The van der Waals surface area contributed by atoms with Gasteiger partial charge in [-0.15, -0.1) is 11.3 Å². The second-order valence-corrected chi connectivity index (χ2v) is 8.82. The van der Waals surface area contributed by atoms with Crippen molar-refractivity contribution >= 4 is 40.9 Å². The molecule has 4 heterocycles. The van der Waals surface area contributed by atoms with Crippen molar-refractivity contribution in [3.05, 3.63) is 81.9 Å². The summed E-state index contributed by atoms with van der Waals surface area (Å²) in [6.45, 7) is -0.694. The van der Waals surface area contributed by atoms with E-state index >= 15 is 0 Å². The zero-order valence-corrected chi connectivity index (χ0v) is 19.2. The number of carbonyl (C=O) groups excluding carboxylic acids is 4. The SMILES string of the molecule is O=C(OCC(=O)N1N=C(c2cccs2)CC1c1ccco1)c1ccccc1CN1C(=O)CNC1=O. The monoisotopic (exact) mass is 492 g/mol. The Labute approximate surface area is 203 Å². The molecule has 0 saturated carbocycles. The molecular weight excluding hydrogens is 472 g/mol. The third-order valence-corrected chi connectivity index (χ3v) is 6.59. The van der Waals surface area contributed by atoms with Crippen molar-refractivity contribution in [1.82, 2.24) is 15.2 Å². The summed E-state index contributed by atoms with van der Waals surface area (Å²) in [6, 6.07) is 12.9. The first-order valence-electron chi connectivity index (χ1n) is 10.8. The van der Waals surface area contributed by atoms with Crippen LogP contribution in [0.5, 0.6) is 0 Å². The number of furan rings is 1. The Balaban J connectivity index is 1.29. The second kappa shape index (κ2) is 9.55. The number of hydrogen-bond donors (Lipinski definition) is 1. The molecule has 3 aromatic rings. The Hall–Kier alpha value is -4.25. The van der Waals surface area contributed by atoms with Gasteiger partial charge in [-0.1, -0.05) is 24.3 Å². The number of urea groups is 1. The van der Waals surface area contributed by atoms with Crippen molar-refractivity contribution in [3.8, 4) is 0 Å². The van der Waals surface area contributed by atoms with Gasteiger partial charge in [0.25, 0.3) is 5.91 Å². The topological polar surface area (TPSA) is 122 Å². The molecule has 1 saturated heterocycles. The molecule has 1 atom stereocenters. The summed E-state index contributed by atoms with van der Waals surface area (Å²) in [5, 5.41) is 10.2. The number of amides is 4. The summed E-state index contributed by atoms with van der Waals surface area (Å²) < 4.78 is 10.8. The van der Waals surface area contributed by atoms with Crippen molar-refractivity contribution < 1.29 is 28.3 Å². The lowest BCUT2D eigenvalue weighted by atomic mass is 10.1. The number of hydrazone groups is 1. The number of carbonyl (C=O) groups is 4. The first-order chi connectivity index (χ1) is 17.0. The molecule has 11 heteroatoms. The van der Waals surface area contributed by atoms with Crippen molar-refractivity contribution in [1.29, 1.82) is 0 Å². The molecule has 0 spiro atoms. The number of esters is 1. The Kier molecular flexibility index (Phi) is 6.15. The fourth-order valence-electron chi connectivity index (χ4n) is 3.95. The van der Waals surface area contributed by atoms with Crippen LogP contribution >= 0.6 is 11.3 Å². The predicted octanol–water partition coefficient (Wildman–Crippen LogP) is 2.93. The summed E-state index contributed by atoms with van der Waals surface area (Å²) in [5.41, 5.74) is 1.35. The molecule has 1 unspecified atom stereocenters. The van der Waals surface area contributed by atoms with Gasteiger partial charge in [-0.05, 0) is 35.2 Å². The first-order valence-corrected chi connectivity index (χ1v) is 11.7. The van der Waals surface area contributed by atoms with Gasteiger partial charge >= 0.3 is 12.0 Å². The van der Waals surface area contributed by atoms with Crippen LogP contribution in [0.1, 0.15) is 39.0 Å². The summed E-state index contributed by atoms with van der Waals surface area (Å²) in [5.74, 6) is -1.04. The highest BCUT2D eigenvalue weighted by Crippen LogP contribution is 2.34. The van der Waals surface area contributed by atoms with E-state index in [1.54, 1.807) is 30.3 Å². The quantitative estimate of drug-likeness (QED) is 0.400. The van der Waals surface area contributed by atoms with Gasteiger partial charge in [0.15, 0.2) is 6.61 Å². The number of imide groups is 1. The molecule has 0 radical (unpaired) electrons. The first kappa shape index (κ1) is 22.5. The molecule has 4 amide bonds. The van der Waals surface area contributed by atoms with Gasteiger partial charge in [0.05, 0.1) is 35.5 Å². The van der Waals surface area contributed by atoms with Gasteiger partial charge in [0.2, 0.25) is 5.91 Å². The van der Waals surface area contributed by atoms with E-state index in [1.807, 2.05) is 17.5 Å². The summed E-state index contributed by atoms with van der Waals surface area (Å²) >= 11 is 1.52. The van der Waals surface area contributed by atoms with Crippen LogP contribution in [-0.2, 0) is 20.9 Å². The van der Waals surface area contributed by atoms with E-state index in [0.29, 0.717) is 17.7 Å². The number of nitrogens with one attached hydrogen (secondary N) is 1. The highest BCUT2D eigenvalue weighted by molar-refractivity contribution is 7.12. The van der Waals surface area contributed by atoms with Crippen LogP contribution in [0.25, 0.3) is 0 Å². The highest BCUT2D eigenvalue weighted by Gasteiger charge is 2.36. The Morgan fingerprint density at radius 1 is 1.14 bits per heavy atom. The van der Waals surface area contributed by atoms with Crippen molar-refractivity contribution in [3.63, 3.8) is 0 Å². The molecule has 35 heavy (non-hydrogen) atoms. The molecule has 1 fully saturated rings. The predicted molar refractivity (Wildman–Crippen MR) is 124 cm³/mol. The highest BCUT2D eigenvalue weighted by atomic mass is 32.1. The van der Waals surface area contributed by atoms with Gasteiger partial charge in [0.1, 0.15) is 11.8 Å². The summed E-state index contributed by atoms with van der Waals surface area (Å²) in [7, 11) is 0. The molecule has 2 aromatic heterocycles. The van der Waals surface area contributed by atoms with Crippen molar-refractivity contribution in [2.75, 3.05) is 13.2 Å². The van der Waals surface area contributed by atoms with Crippen LogP contribution in [0.3, 0.4) is 0 Å². The van der Waals surface area contributed by atoms with Crippen LogP contribution in [0.15, 0.2) is 69.7 Å². The van der Waals surface area contributed by atoms with Crippen LogP contribution in [-0.4, -0.2) is 52.6 Å². The standard InChI is InChI=1S/C24H20N4O6S/c29-21-12-25-24(32)27(21)13-15-5-1-2-6-16(15)23(31)34-14-22(30)28-18(19-7-3-9-33-19)11-17(26-28)20-8-4-10-35-20/h1-10,18H,11-14H2,(H,25,32). The summed E-state index contributed by atoms with van der Waals surface area (Å²) in [6.07, 6.45) is 2.01. The molecule has 1 aromatic carbocycles. The Morgan fingerprint density at radius 2 is 2.00 bits per heavy atom. The number of ether oxygens (including phenoxy) is 1. The third kappa shape index (κ3) is 4.58. The molecular formula is C24H20N4O6S. The fourth-order valence-corrected chi connectivity index (χ4v) is 4.67. The minimum Gasteiger partial charge on any atom is -0.467 e. The number of thiophene rings is 1. The average molecular weight is 493 g/mol. The van der Waals surface area contributed by atoms with Gasteiger partial charge in [0, 0.05) is 6.42 Å². The molecule has 178 valence electrons. The number of rotatable bonds is 7. The van der Waals surface area contributed by atoms with E-state index in [4.69, 9.17) is 9.15 Å². The molecule has 0 bridgehead atoms. The van der Waals surface area contributed by atoms with Gasteiger partial charge in [-0.3, -0.25) is 14.5 Å². The zero-order valence-electron chi connectivity index (χ0n) is 18.4. The minimum atomic E-state index is -0.739. The van der Waals surface area contributed by atoms with Gasteiger partial charge in [-0.2, -0.15) is 5.10 Å². The van der Waals surface area contributed by atoms with E-state index in [9.17, 15) is 19.2 Å². The Morgan fingerprint density at radius 3 is 2.71 bits per heavy atom. The summed E-state index contributed by atoms with van der Waals surface area (Å²) in [4.78, 5) is 51.7. The zero-order chi connectivity index (χ0) is 24.4. The number of hydrogen-bond acceptors (Lipinski definition) is 8. The van der Waals surface area contributed by atoms with E-state index in [-0.39, 0.29) is 24.6 Å². The van der Waals surface area contributed by atoms with Gasteiger partial charge in [-0.25, -0.2) is 14.6 Å². The lowest BCUT2D eigenvalue weighted by Crippen LogP contribution is -2.32. The van der Waals surface area contributed by atoms with Crippen LogP contribution in [0.4, 0.5) is 4.79 Å². The smallest absolute Gasteiger partial charge is 0.338 e. The molecule has 2 aliphatic rings. The lowest BCUT2D eigenvalue weighted by Gasteiger charge is -2.20. The van der Waals surface area contributed by atoms with Crippen molar-refractivity contribution in [2.24, 2.45) is 5.10 Å². The maximum atomic E-state index is 13.0. The number of benzene rings is 1. The molecule has 5 rings (SSSR count). The van der Waals surface area contributed by atoms with E-state index in [0.717, 1.165) is 15.5 Å². The maximum Gasteiger partial charge on any atom is 0.338 e. The average Bonchev–Trinajstić information content (AvgIpc) is 3.67. The van der Waals surface area contributed by atoms with Gasteiger partial charge < -0.3 is 14.5 Å². The Bertz CT molecular complexity index is 1290. The largest absolute Gasteiger partial charge is 0.467 e. The fraction of sp³-hybridized carbons (Fsp3) is 0.208. The van der Waals surface area contributed by atoms with E-state index < -0.39 is 30.6 Å². The second-order valence-electron chi connectivity index (χ2n) is 7.87. The van der Waals surface area contributed by atoms with E-state index in [2.05, 4.69) is 10.4 Å². The molecule has 1 N–H and O–H groups in total. The van der Waals surface area contributed by atoms with Crippen LogP contribution in [0, 0.1) is 0 Å². The molecule has 2 aliphatic heterocycles. The minimum absolute atomic E-state index is 0.0783. The van der Waals surface area contributed by atoms with Crippen LogP contribution in [0.2, 0.25) is 0 Å². The molecule has 0 aliphatic carbocycles. The van der Waals surface area contributed by atoms with E-state index in [1.165, 1.54) is 28.7 Å². The third-order valence-electron chi connectivity index (χ3n) is 5.67. The van der Waals surface area contributed by atoms with Crippen molar-refractivity contribution in [2.45, 2.75) is 19.0 Å². The normalized spacial score (nSPS) is 17.5. The van der Waals surface area contributed by atoms with Crippen LogP contribution < -0.4 is 5.32 Å².